The predicted molar refractivity (Wildman–Crippen MR) is 89.5 cm³/mol. The normalized spacial score (nSPS) is 11.7. The van der Waals surface area contributed by atoms with Crippen LogP contribution in [0.25, 0.3) is 0 Å². The van der Waals surface area contributed by atoms with E-state index < -0.39 is 0 Å². The zero-order valence-electron chi connectivity index (χ0n) is 14.5. The van der Waals surface area contributed by atoms with Gasteiger partial charge in [-0.15, -0.1) is 0 Å². The van der Waals surface area contributed by atoms with E-state index in [9.17, 15) is 0 Å². The SMILES string of the molecule is CC(C)c1cccc(C(C)C)c1OCCOCCN(C)C. The second-order valence-corrected chi connectivity index (χ2v) is 6.34. The molecule has 0 unspecified atom stereocenters. The quantitative estimate of drug-likeness (QED) is 0.645. The molecule has 0 aliphatic carbocycles. The summed E-state index contributed by atoms with van der Waals surface area (Å²) in [6.45, 7) is 11.8. The van der Waals surface area contributed by atoms with Crippen LogP contribution < -0.4 is 4.74 Å². The van der Waals surface area contributed by atoms with E-state index in [-0.39, 0.29) is 0 Å². The average Bonchev–Trinajstić information content (AvgIpc) is 2.41. The van der Waals surface area contributed by atoms with E-state index in [0.717, 1.165) is 18.9 Å². The van der Waals surface area contributed by atoms with Crippen molar-refractivity contribution in [2.45, 2.75) is 39.5 Å². The Hall–Kier alpha value is -1.06. The summed E-state index contributed by atoms with van der Waals surface area (Å²) in [7, 11) is 4.10. The molecule has 0 heterocycles. The van der Waals surface area contributed by atoms with E-state index in [1.54, 1.807) is 0 Å². The molecule has 0 bridgehead atoms. The van der Waals surface area contributed by atoms with Crippen LogP contribution in [-0.2, 0) is 4.74 Å². The van der Waals surface area contributed by atoms with Gasteiger partial charge in [-0.2, -0.15) is 0 Å². The summed E-state index contributed by atoms with van der Waals surface area (Å²) in [5.41, 5.74) is 2.57. The summed E-state index contributed by atoms with van der Waals surface area (Å²) in [5, 5.41) is 0. The molecule has 0 saturated carbocycles. The highest BCUT2D eigenvalue weighted by atomic mass is 16.5. The first-order valence-electron chi connectivity index (χ1n) is 7.91. The van der Waals surface area contributed by atoms with Crippen LogP contribution in [0.5, 0.6) is 5.75 Å². The fourth-order valence-corrected chi connectivity index (χ4v) is 2.20. The van der Waals surface area contributed by atoms with Crippen molar-refractivity contribution in [3.63, 3.8) is 0 Å². The van der Waals surface area contributed by atoms with Gasteiger partial charge in [0.25, 0.3) is 0 Å². The van der Waals surface area contributed by atoms with Crippen LogP contribution in [0.2, 0.25) is 0 Å². The minimum absolute atomic E-state index is 0.466. The summed E-state index contributed by atoms with van der Waals surface area (Å²) < 4.78 is 11.7. The first kappa shape index (κ1) is 18.0. The third-order valence-corrected chi connectivity index (χ3v) is 3.48. The molecule has 0 spiro atoms. The molecule has 0 amide bonds. The Morgan fingerprint density at radius 3 is 1.95 bits per heavy atom. The van der Waals surface area contributed by atoms with Crippen LogP contribution in [0, 0.1) is 0 Å². The van der Waals surface area contributed by atoms with Crippen molar-refractivity contribution in [2.75, 3.05) is 40.5 Å². The van der Waals surface area contributed by atoms with Gasteiger partial charge in [-0.1, -0.05) is 45.9 Å². The van der Waals surface area contributed by atoms with Gasteiger partial charge < -0.3 is 14.4 Å². The van der Waals surface area contributed by atoms with Crippen molar-refractivity contribution >= 4 is 0 Å². The Labute approximate surface area is 130 Å². The lowest BCUT2D eigenvalue weighted by atomic mass is 9.94. The number of likely N-dealkylation sites (N-methyl/N-ethyl adjacent to an activating group) is 1. The summed E-state index contributed by atoms with van der Waals surface area (Å²) in [4.78, 5) is 2.12. The fourth-order valence-electron chi connectivity index (χ4n) is 2.20. The third kappa shape index (κ3) is 6.06. The number of hydrogen-bond acceptors (Lipinski definition) is 3. The van der Waals surface area contributed by atoms with E-state index >= 15 is 0 Å². The van der Waals surface area contributed by atoms with Crippen molar-refractivity contribution in [1.29, 1.82) is 0 Å². The number of rotatable bonds is 9. The Kier molecular flexibility index (Phi) is 7.76. The molecule has 0 atom stereocenters. The lowest BCUT2D eigenvalue weighted by molar-refractivity contribution is 0.0883. The second kappa shape index (κ2) is 9.06. The maximum absolute atomic E-state index is 6.06. The highest BCUT2D eigenvalue weighted by molar-refractivity contribution is 5.44. The predicted octanol–water partition coefficient (Wildman–Crippen LogP) is 3.89. The van der Waals surface area contributed by atoms with Gasteiger partial charge in [0.15, 0.2) is 0 Å². The van der Waals surface area contributed by atoms with Gasteiger partial charge in [0, 0.05) is 6.54 Å². The minimum atomic E-state index is 0.466. The number of para-hydroxylation sites is 1. The smallest absolute Gasteiger partial charge is 0.126 e. The molecule has 0 saturated heterocycles. The van der Waals surface area contributed by atoms with Gasteiger partial charge in [0.1, 0.15) is 12.4 Å². The number of ether oxygens (including phenoxy) is 2. The molecule has 21 heavy (non-hydrogen) atoms. The lowest BCUT2D eigenvalue weighted by Gasteiger charge is -2.20. The number of benzene rings is 1. The molecule has 0 aromatic heterocycles. The molecule has 0 aliphatic heterocycles. The molecule has 0 fully saturated rings. The zero-order valence-corrected chi connectivity index (χ0v) is 14.5. The van der Waals surface area contributed by atoms with Gasteiger partial charge in [-0.25, -0.2) is 0 Å². The first-order chi connectivity index (χ1) is 9.93. The topological polar surface area (TPSA) is 21.7 Å². The monoisotopic (exact) mass is 293 g/mol. The van der Waals surface area contributed by atoms with Crippen molar-refractivity contribution in [3.05, 3.63) is 29.3 Å². The van der Waals surface area contributed by atoms with E-state index in [1.165, 1.54) is 11.1 Å². The summed E-state index contributed by atoms with van der Waals surface area (Å²) in [6.07, 6.45) is 0. The summed E-state index contributed by atoms with van der Waals surface area (Å²) >= 11 is 0. The summed E-state index contributed by atoms with van der Waals surface area (Å²) in [5.74, 6) is 1.99. The van der Waals surface area contributed by atoms with Crippen molar-refractivity contribution < 1.29 is 9.47 Å². The molecule has 1 aromatic carbocycles. The molecule has 3 heteroatoms. The molecule has 0 radical (unpaired) electrons. The number of nitrogens with zero attached hydrogens (tertiary/aromatic N) is 1. The van der Waals surface area contributed by atoms with Crippen molar-refractivity contribution in [2.24, 2.45) is 0 Å². The lowest BCUT2D eigenvalue weighted by Crippen LogP contribution is -2.19. The van der Waals surface area contributed by atoms with Gasteiger partial charge in [0.05, 0.1) is 13.2 Å². The van der Waals surface area contributed by atoms with Crippen LogP contribution >= 0.6 is 0 Å². The second-order valence-electron chi connectivity index (χ2n) is 6.34. The van der Waals surface area contributed by atoms with Crippen LogP contribution in [0.3, 0.4) is 0 Å². The van der Waals surface area contributed by atoms with Crippen molar-refractivity contribution in [1.82, 2.24) is 4.90 Å². The molecule has 0 N–H and O–H groups in total. The minimum Gasteiger partial charge on any atom is -0.491 e. The maximum atomic E-state index is 6.06. The Morgan fingerprint density at radius 1 is 0.905 bits per heavy atom. The molecular formula is C18H31NO2. The molecule has 120 valence electrons. The standard InChI is InChI=1S/C18H31NO2/c1-14(2)16-8-7-9-17(15(3)4)18(16)21-13-12-20-11-10-19(5)6/h7-9,14-15H,10-13H2,1-6H3. The largest absolute Gasteiger partial charge is 0.491 e. The number of hydrogen-bond donors (Lipinski definition) is 0. The van der Waals surface area contributed by atoms with Crippen LogP contribution in [0.4, 0.5) is 0 Å². The van der Waals surface area contributed by atoms with Crippen LogP contribution in [-0.4, -0.2) is 45.4 Å². The Morgan fingerprint density at radius 2 is 1.48 bits per heavy atom. The fraction of sp³-hybridized carbons (Fsp3) is 0.667. The molecule has 0 aliphatic rings. The van der Waals surface area contributed by atoms with E-state index in [0.29, 0.717) is 25.0 Å². The molecular weight excluding hydrogens is 262 g/mol. The Balaban J connectivity index is 2.60. The van der Waals surface area contributed by atoms with Gasteiger partial charge >= 0.3 is 0 Å². The zero-order chi connectivity index (χ0) is 15.8. The molecule has 3 nitrogen and oxygen atoms in total. The van der Waals surface area contributed by atoms with Gasteiger partial charge in [-0.3, -0.25) is 0 Å². The van der Waals surface area contributed by atoms with E-state index in [1.807, 2.05) is 14.1 Å². The third-order valence-electron chi connectivity index (χ3n) is 3.48. The van der Waals surface area contributed by atoms with Gasteiger partial charge in [0.2, 0.25) is 0 Å². The van der Waals surface area contributed by atoms with Crippen molar-refractivity contribution in [3.8, 4) is 5.75 Å². The first-order valence-corrected chi connectivity index (χ1v) is 7.91. The Bertz CT molecular complexity index is 387. The van der Waals surface area contributed by atoms with Crippen LogP contribution in [0.15, 0.2) is 18.2 Å². The average molecular weight is 293 g/mol. The van der Waals surface area contributed by atoms with E-state index in [2.05, 4.69) is 50.8 Å². The van der Waals surface area contributed by atoms with Crippen LogP contribution in [0.1, 0.15) is 50.7 Å². The van der Waals surface area contributed by atoms with E-state index in [4.69, 9.17) is 9.47 Å². The van der Waals surface area contributed by atoms with Gasteiger partial charge in [-0.05, 0) is 37.1 Å². The highest BCUT2D eigenvalue weighted by Gasteiger charge is 2.14. The maximum Gasteiger partial charge on any atom is 0.126 e. The summed E-state index contributed by atoms with van der Waals surface area (Å²) in [6, 6.07) is 6.46. The molecule has 1 rings (SSSR count). The highest BCUT2D eigenvalue weighted by Crippen LogP contribution is 2.34. The molecule has 1 aromatic rings.